The third-order valence-corrected chi connectivity index (χ3v) is 4.92. The van der Waals surface area contributed by atoms with Crippen molar-refractivity contribution in [1.29, 1.82) is 0 Å². The number of hydrazone groups is 1. The van der Waals surface area contributed by atoms with Crippen LogP contribution in [0, 0.1) is 0 Å². The summed E-state index contributed by atoms with van der Waals surface area (Å²) in [6.07, 6.45) is 1.46. The van der Waals surface area contributed by atoms with Crippen LogP contribution in [0.1, 0.15) is 26.3 Å². The van der Waals surface area contributed by atoms with Crippen LogP contribution in [-0.2, 0) is 0 Å². The van der Waals surface area contributed by atoms with Gasteiger partial charge in [0.2, 0.25) is 0 Å². The molecule has 2 amide bonds. The van der Waals surface area contributed by atoms with Gasteiger partial charge in [-0.3, -0.25) is 9.59 Å². The Morgan fingerprint density at radius 1 is 0.793 bits per heavy atom. The molecule has 0 bridgehead atoms. The van der Waals surface area contributed by atoms with Crippen LogP contribution in [-0.4, -0.2) is 18.0 Å². The van der Waals surface area contributed by atoms with Crippen molar-refractivity contribution in [2.75, 3.05) is 5.32 Å². The van der Waals surface area contributed by atoms with Gasteiger partial charge in [0.05, 0.1) is 26.8 Å². The Balaban J connectivity index is 1.60. The first-order valence-electron chi connectivity index (χ1n) is 8.38. The second kappa shape index (κ2) is 9.56. The van der Waals surface area contributed by atoms with E-state index in [1.807, 2.05) is 0 Å². The van der Waals surface area contributed by atoms with E-state index in [9.17, 15) is 9.59 Å². The summed E-state index contributed by atoms with van der Waals surface area (Å²) in [5, 5.41) is 7.83. The second-order valence-corrected chi connectivity index (χ2v) is 7.11. The predicted octanol–water partition coefficient (Wildman–Crippen LogP) is 5.66. The lowest BCUT2D eigenvalue weighted by molar-refractivity contribution is 0.0954. The fourth-order valence-electron chi connectivity index (χ4n) is 2.37. The largest absolute Gasteiger partial charge is 0.322 e. The van der Waals surface area contributed by atoms with Gasteiger partial charge in [0, 0.05) is 11.3 Å². The van der Waals surface area contributed by atoms with E-state index >= 15 is 0 Å². The van der Waals surface area contributed by atoms with E-state index in [-0.39, 0.29) is 5.91 Å². The van der Waals surface area contributed by atoms with Gasteiger partial charge >= 0.3 is 0 Å². The number of benzene rings is 3. The van der Waals surface area contributed by atoms with Crippen molar-refractivity contribution in [2.24, 2.45) is 5.10 Å². The minimum Gasteiger partial charge on any atom is -0.322 e. The highest BCUT2D eigenvalue weighted by molar-refractivity contribution is 6.42. The number of nitrogens with zero attached hydrogens (tertiary/aromatic N) is 1. The zero-order chi connectivity index (χ0) is 20.8. The maximum atomic E-state index is 12.3. The minimum atomic E-state index is -0.398. The van der Waals surface area contributed by atoms with Crippen LogP contribution in [0.15, 0.2) is 71.8 Å². The Morgan fingerprint density at radius 3 is 2.21 bits per heavy atom. The number of anilines is 1. The van der Waals surface area contributed by atoms with Crippen molar-refractivity contribution >= 4 is 58.5 Å². The lowest BCUT2D eigenvalue weighted by Gasteiger charge is -2.07. The van der Waals surface area contributed by atoms with Gasteiger partial charge in [-0.2, -0.15) is 5.10 Å². The highest BCUT2D eigenvalue weighted by atomic mass is 35.5. The summed E-state index contributed by atoms with van der Waals surface area (Å²) in [7, 11) is 0. The number of carbonyl (C=O) groups excluding carboxylic acids is 2. The summed E-state index contributed by atoms with van der Waals surface area (Å²) >= 11 is 17.8. The maximum Gasteiger partial charge on any atom is 0.271 e. The monoisotopic (exact) mass is 445 g/mol. The standard InChI is InChI=1S/C21H14Cl3N3O2/c22-17-4-2-1-3-16(17)21(29)26-15-8-6-14(7-9-15)20(28)27-25-12-13-5-10-18(23)19(24)11-13/h1-12H,(H,26,29)(H,27,28). The van der Waals surface area contributed by atoms with Crippen molar-refractivity contribution in [3.05, 3.63) is 98.5 Å². The van der Waals surface area contributed by atoms with Crippen LogP contribution in [0.25, 0.3) is 0 Å². The Bertz CT molecular complexity index is 1080. The number of carbonyl (C=O) groups is 2. The SMILES string of the molecule is O=C(NN=Cc1ccc(Cl)c(Cl)c1)c1ccc(NC(=O)c2ccccc2Cl)cc1. The molecule has 0 aliphatic rings. The summed E-state index contributed by atoms with van der Waals surface area (Å²) in [6, 6.07) is 18.1. The third-order valence-electron chi connectivity index (χ3n) is 3.85. The molecule has 3 rings (SSSR count). The molecule has 0 saturated carbocycles. The quantitative estimate of drug-likeness (QED) is 0.392. The van der Waals surface area contributed by atoms with Crippen LogP contribution in [0.5, 0.6) is 0 Å². The fourth-order valence-corrected chi connectivity index (χ4v) is 2.90. The molecule has 0 fully saturated rings. The average molecular weight is 447 g/mol. The first-order valence-corrected chi connectivity index (χ1v) is 9.52. The first-order chi connectivity index (χ1) is 13.9. The molecule has 0 aliphatic carbocycles. The van der Waals surface area contributed by atoms with Gasteiger partial charge in [0.25, 0.3) is 11.8 Å². The molecule has 0 aliphatic heterocycles. The van der Waals surface area contributed by atoms with E-state index in [1.54, 1.807) is 66.7 Å². The smallest absolute Gasteiger partial charge is 0.271 e. The topological polar surface area (TPSA) is 70.6 Å². The van der Waals surface area contributed by atoms with Crippen LogP contribution in [0.4, 0.5) is 5.69 Å². The van der Waals surface area contributed by atoms with Gasteiger partial charge in [-0.15, -0.1) is 0 Å². The minimum absolute atomic E-state index is 0.334. The zero-order valence-electron chi connectivity index (χ0n) is 14.8. The molecule has 3 aromatic carbocycles. The van der Waals surface area contributed by atoms with Crippen LogP contribution in [0.3, 0.4) is 0 Å². The van der Waals surface area contributed by atoms with Gasteiger partial charge in [-0.1, -0.05) is 53.0 Å². The molecule has 0 heterocycles. The van der Waals surface area contributed by atoms with E-state index in [2.05, 4.69) is 15.8 Å². The molecule has 0 aromatic heterocycles. The van der Waals surface area contributed by atoms with Gasteiger partial charge in [-0.05, 0) is 54.1 Å². The lowest BCUT2D eigenvalue weighted by atomic mass is 10.1. The molecule has 8 heteroatoms. The molecule has 0 unspecified atom stereocenters. The van der Waals surface area contributed by atoms with Crippen LogP contribution < -0.4 is 10.7 Å². The van der Waals surface area contributed by atoms with Crippen molar-refractivity contribution < 1.29 is 9.59 Å². The predicted molar refractivity (Wildman–Crippen MR) is 117 cm³/mol. The van der Waals surface area contributed by atoms with E-state index in [0.717, 1.165) is 0 Å². The lowest BCUT2D eigenvalue weighted by Crippen LogP contribution is -2.18. The molecule has 5 nitrogen and oxygen atoms in total. The average Bonchev–Trinajstić information content (AvgIpc) is 2.71. The van der Waals surface area contributed by atoms with E-state index in [4.69, 9.17) is 34.8 Å². The molecule has 0 saturated heterocycles. The molecular formula is C21H14Cl3N3O2. The number of nitrogens with one attached hydrogen (secondary N) is 2. The molecule has 29 heavy (non-hydrogen) atoms. The number of halogens is 3. The molecule has 0 atom stereocenters. The molecule has 0 spiro atoms. The molecule has 0 radical (unpaired) electrons. The first kappa shape index (κ1) is 20.9. The highest BCUT2D eigenvalue weighted by Gasteiger charge is 2.10. The van der Waals surface area contributed by atoms with Crippen molar-refractivity contribution in [3.63, 3.8) is 0 Å². The number of amides is 2. The van der Waals surface area contributed by atoms with E-state index in [1.165, 1.54) is 6.21 Å². The summed E-state index contributed by atoms with van der Waals surface area (Å²) in [5.74, 6) is -0.732. The van der Waals surface area contributed by atoms with Gasteiger partial charge in [-0.25, -0.2) is 5.43 Å². The van der Waals surface area contributed by atoms with Crippen molar-refractivity contribution in [1.82, 2.24) is 5.43 Å². The summed E-state index contributed by atoms with van der Waals surface area (Å²) in [6.45, 7) is 0. The third kappa shape index (κ3) is 5.57. The Labute approximate surface area is 182 Å². The molecule has 3 aromatic rings. The summed E-state index contributed by atoms with van der Waals surface area (Å²) < 4.78 is 0. The molecule has 2 N–H and O–H groups in total. The fraction of sp³-hybridized carbons (Fsp3) is 0. The Hall–Kier alpha value is -2.86. The van der Waals surface area contributed by atoms with Crippen LogP contribution in [0.2, 0.25) is 15.1 Å². The second-order valence-electron chi connectivity index (χ2n) is 5.88. The normalized spacial score (nSPS) is 10.7. The Kier molecular flexibility index (Phi) is 6.88. The van der Waals surface area contributed by atoms with Crippen molar-refractivity contribution in [3.8, 4) is 0 Å². The van der Waals surface area contributed by atoms with E-state index < -0.39 is 5.91 Å². The zero-order valence-corrected chi connectivity index (χ0v) is 17.1. The van der Waals surface area contributed by atoms with Crippen molar-refractivity contribution in [2.45, 2.75) is 0 Å². The van der Waals surface area contributed by atoms with Gasteiger partial charge < -0.3 is 5.32 Å². The van der Waals surface area contributed by atoms with Crippen LogP contribution >= 0.6 is 34.8 Å². The van der Waals surface area contributed by atoms with Gasteiger partial charge in [0.1, 0.15) is 0 Å². The van der Waals surface area contributed by atoms with Gasteiger partial charge in [0.15, 0.2) is 0 Å². The number of hydrogen-bond acceptors (Lipinski definition) is 3. The Morgan fingerprint density at radius 2 is 1.52 bits per heavy atom. The maximum absolute atomic E-state index is 12.3. The number of rotatable bonds is 5. The summed E-state index contributed by atoms with van der Waals surface area (Å²) in [5.41, 5.74) is 4.40. The highest BCUT2D eigenvalue weighted by Crippen LogP contribution is 2.22. The molecule has 146 valence electrons. The summed E-state index contributed by atoms with van der Waals surface area (Å²) in [4.78, 5) is 24.4. The number of hydrogen-bond donors (Lipinski definition) is 2. The van der Waals surface area contributed by atoms with E-state index in [0.29, 0.717) is 37.4 Å². The molecular weight excluding hydrogens is 433 g/mol.